The topological polar surface area (TPSA) is 29.1 Å². The molecule has 0 spiro atoms. The molecule has 0 saturated heterocycles. The van der Waals surface area contributed by atoms with E-state index in [9.17, 15) is 4.79 Å². The van der Waals surface area contributed by atoms with E-state index in [1.807, 2.05) is 25.1 Å². The average Bonchev–Trinajstić information content (AvgIpc) is 2.38. The summed E-state index contributed by atoms with van der Waals surface area (Å²) in [6.45, 7) is 2.00. The van der Waals surface area contributed by atoms with E-state index in [2.05, 4.69) is 21.2 Å². The van der Waals surface area contributed by atoms with Gasteiger partial charge in [-0.1, -0.05) is 33.6 Å². The van der Waals surface area contributed by atoms with Crippen molar-refractivity contribution in [3.8, 4) is 0 Å². The minimum absolute atomic E-state index is 0.119. The number of amides is 1. The maximum atomic E-state index is 12.7. The molecule has 2 unspecified atom stereocenters. The summed E-state index contributed by atoms with van der Waals surface area (Å²) in [5.74, 6) is 1.74. The van der Waals surface area contributed by atoms with Gasteiger partial charge in [-0.05, 0) is 80.4 Å². The fourth-order valence-electron chi connectivity index (χ4n) is 5.80. The van der Waals surface area contributed by atoms with Gasteiger partial charge in [0.2, 0.25) is 5.91 Å². The number of benzene rings is 1. The lowest BCUT2D eigenvalue weighted by Crippen LogP contribution is -2.53. The number of hydrogen-bond acceptors (Lipinski definition) is 1. The van der Waals surface area contributed by atoms with Gasteiger partial charge >= 0.3 is 0 Å². The SMILES string of the molecule is Cc1ccc(NC(=O)CC23CC4CC(CC(Br)(C4)C2)C3)c(Cl)c1. The molecule has 0 radical (unpaired) electrons. The van der Waals surface area contributed by atoms with Crippen LogP contribution in [-0.2, 0) is 4.79 Å². The summed E-state index contributed by atoms with van der Waals surface area (Å²) in [5, 5.41) is 3.66. The third-order valence-electron chi connectivity index (χ3n) is 6.05. The quantitative estimate of drug-likeness (QED) is 0.651. The Bertz CT molecular complexity index is 645. The van der Waals surface area contributed by atoms with Crippen LogP contribution in [0.3, 0.4) is 0 Å². The minimum Gasteiger partial charge on any atom is -0.325 e. The molecule has 5 rings (SSSR count). The van der Waals surface area contributed by atoms with E-state index in [1.165, 1.54) is 32.1 Å². The standard InChI is InChI=1S/C19H23BrClNO/c1-12-2-3-16(15(21)4-12)22-17(23)10-18-6-13-5-14(7-18)9-19(20,8-13)11-18/h2-4,13-14H,5-11H2,1H3,(H,22,23). The van der Waals surface area contributed by atoms with Gasteiger partial charge in [-0.15, -0.1) is 0 Å². The summed E-state index contributed by atoms with van der Waals surface area (Å²) in [4.78, 5) is 12.7. The zero-order valence-electron chi connectivity index (χ0n) is 13.5. The number of nitrogens with one attached hydrogen (secondary N) is 1. The van der Waals surface area contributed by atoms with Gasteiger partial charge in [-0.25, -0.2) is 0 Å². The summed E-state index contributed by atoms with van der Waals surface area (Å²) in [6, 6.07) is 5.79. The first-order valence-corrected chi connectivity index (χ1v) is 9.77. The predicted molar refractivity (Wildman–Crippen MR) is 98.2 cm³/mol. The Morgan fingerprint density at radius 1 is 1.30 bits per heavy atom. The van der Waals surface area contributed by atoms with Gasteiger partial charge in [0.05, 0.1) is 10.7 Å². The van der Waals surface area contributed by atoms with Gasteiger partial charge in [0, 0.05) is 10.7 Å². The van der Waals surface area contributed by atoms with Crippen molar-refractivity contribution in [2.24, 2.45) is 17.3 Å². The highest BCUT2D eigenvalue weighted by Gasteiger charge is 2.57. The summed E-state index contributed by atoms with van der Waals surface area (Å²) in [7, 11) is 0. The monoisotopic (exact) mass is 395 g/mol. The molecule has 124 valence electrons. The van der Waals surface area contributed by atoms with E-state index in [-0.39, 0.29) is 11.3 Å². The van der Waals surface area contributed by atoms with Crippen molar-refractivity contribution in [1.82, 2.24) is 0 Å². The van der Waals surface area contributed by atoms with E-state index < -0.39 is 0 Å². The van der Waals surface area contributed by atoms with Crippen LogP contribution in [0.25, 0.3) is 0 Å². The van der Waals surface area contributed by atoms with Crippen molar-refractivity contribution in [2.45, 2.75) is 56.2 Å². The second-order valence-electron chi connectivity index (χ2n) is 8.32. The maximum absolute atomic E-state index is 12.7. The van der Waals surface area contributed by atoms with Crippen molar-refractivity contribution in [3.63, 3.8) is 0 Å². The summed E-state index contributed by atoms with van der Waals surface area (Å²) >= 11 is 10.3. The largest absolute Gasteiger partial charge is 0.325 e. The van der Waals surface area contributed by atoms with Gasteiger partial charge in [-0.3, -0.25) is 4.79 Å². The molecule has 1 aromatic carbocycles. The highest BCUT2D eigenvalue weighted by atomic mass is 79.9. The highest BCUT2D eigenvalue weighted by molar-refractivity contribution is 9.10. The van der Waals surface area contributed by atoms with Crippen LogP contribution in [0.1, 0.15) is 50.5 Å². The van der Waals surface area contributed by atoms with Crippen LogP contribution in [0, 0.1) is 24.2 Å². The van der Waals surface area contributed by atoms with E-state index in [0.29, 0.717) is 15.8 Å². The first kappa shape index (κ1) is 16.0. The first-order chi connectivity index (χ1) is 10.8. The van der Waals surface area contributed by atoms with E-state index >= 15 is 0 Å². The summed E-state index contributed by atoms with van der Waals surface area (Å²) in [5.41, 5.74) is 2.05. The van der Waals surface area contributed by atoms with Crippen LogP contribution in [-0.4, -0.2) is 10.2 Å². The zero-order valence-corrected chi connectivity index (χ0v) is 15.8. The van der Waals surface area contributed by atoms with Gasteiger partial charge < -0.3 is 5.32 Å². The lowest BCUT2D eigenvalue weighted by atomic mass is 9.48. The van der Waals surface area contributed by atoms with E-state index in [0.717, 1.165) is 29.5 Å². The molecule has 2 atom stereocenters. The molecule has 1 aromatic rings. The zero-order chi connectivity index (χ0) is 16.2. The molecule has 1 N–H and O–H groups in total. The Morgan fingerprint density at radius 2 is 2.00 bits per heavy atom. The molecule has 1 amide bonds. The highest BCUT2D eigenvalue weighted by Crippen LogP contribution is 2.65. The summed E-state index contributed by atoms with van der Waals surface area (Å²) < 4.78 is 0.304. The van der Waals surface area contributed by atoms with Crippen molar-refractivity contribution < 1.29 is 4.79 Å². The molecule has 4 fully saturated rings. The Morgan fingerprint density at radius 3 is 2.61 bits per heavy atom. The van der Waals surface area contributed by atoms with Crippen molar-refractivity contribution in [2.75, 3.05) is 5.32 Å². The van der Waals surface area contributed by atoms with Gasteiger partial charge in [0.25, 0.3) is 0 Å². The molecule has 23 heavy (non-hydrogen) atoms. The van der Waals surface area contributed by atoms with E-state index in [1.54, 1.807) is 0 Å². The molecule has 4 saturated carbocycles. The Hall–Kier alpha value is -0.540. The van der Waals surface area contributed by atoms with Crippen LogP contribution < -0.4 is 5.32 Å². The molecule has 4 aliphatic carbocycles. The molecule has 2 nitrogen and oxygen atoms in total. The number of rotatable bonds is 3. The summed E-state index contributed by atoms with van der Waals surface area (Å²) in [6.07, 6.45) is 8.23. The van der Waals surface area contributed by atoms with Crippen LogP contribution >= 0.6 is 27.5 Å². The fourth-order valence-corrected chi connectivity index (χ4v) is 7.59. The number of aryl methyl sites for hydroxylation is 1. The second-order valence-corrected chi connectivity index (χ2v) is 10.4. The van der Waals surface area contributed by atoms with Crippen LogP contribution in [0.2, 0.25) is 5.02 Å². The predicted octanol–water partition coefficient (Wildman–Crippen LogP) is 5.71. The third kappa shape index (κ3) is 3.07. The van der Waals surface area contributed by atoms with Gasteiger partial charge in [0.1, 0.15) is 0 Å². The third-order valence-corrected chi connectivity index (χ3v) is 7.29. The lowest BCUT2D eigenvalue weighted by Gasteiger charge is -2.60. The number of carbonyl (C=O) groups excluding carboxylic acids is 1. The van der Waals surface area contributed by atoms with Crippen LogP contribution in [0.15, 0.2) is 18.2 Å². The molecular weight excluding hydrogens is 374 g/mol. The number of hydrogen-bond donors (Lipinski definition) is 1. The van der Waals surface area contributed by atoms with E-state index in [4.69, 9.17) is 11.6 Å². The normalized spacial score (nSPS) is 37.9. The molecular formula is C19H23BrClNO. The Balaban J connectivity index is 1.48. The first-order valence-electron chi connectivity index (χ1n) is 8.60. The van der Waals surface area contributed by atoms with Crippen LogP contribution in [0.5, 0.6) is 0 Å². The maximum Gasteiger partial charge on any atom is 0.224 e. The number of halogens is 2. The molecule has 0 heterocycles. The number of anilines is 1. The molecule has 4 aliphatic rings. The van der Waals surface area contributed by atoms with Gasteiger partial charge in [0.15, 0.2) is 0 Å². The fraction of sp³-hybridized carbons (Fsp3) is 0.632. The van der Waals surface area contributed by atoms with Gasteiger partial charge in [-0.2, -0.15) is 0 Å². The molecule has 4 bridgehead atoms. The van der Waals surface area contributed by atoms with Crippen molar-refractivity contribution in [1.29, 1.82) is 0 Å². The number of carbonyl (C=O) groups is 1. The number of alkyl halides is 1. The van der Waals surface area contributed by atoms with Crippen molar-refractivity contribution in [3.05, 3.63) is 28.8 Å². The molecule has 0 aromatic heterocycles. The average molecular weight is 397 g/mol. The van der Waals surface area contributed by atoms with Crippen molar-refractivity contribution >= 4 is 39.1 Å². The van der Waals surface area contributed by atoms with Crippen LogP contribution in [0.4, 0.5) is 5.69 Å². The lowest BCUT2D eigenvalue weighted by molar-refractivity contribution is -0.123. The second kappa shape index (κ2) is 5.49. The molecule has 0 aliphatic heterocycles. The Kier molecular flexibility index (Phi) is 3.81. The minimum atomic E-state index is 0.119. The Labute approximate surface area is 151 Å². The smallest absolute Gasteiger partial charge is 0.224 e. The molecule has 4 heteroatoms.